The molecule has 2 aromatic rings. The fourth-order valence-corrected chi connectivity index (χ4v) is 3.24. The topological polar surface area (TPSA) is 60.0 Å². The summed E-state index contributed by atoms with van der Waals surface area (Å²) in [7, 11) is 7.43. The van der Waals surface area contributed by atoms with E-state index in [0.717, 1.165) is 24.1 Å². The van der Waals surface area contributed by atoms with Gasteiger partial charge < -0.3 is 20.4 Å². The smallest absolute Gasteiger partial charge is 0.253 e. The van der Waals surface area contributed by atoms with Crippen LogP contribution in [0.1, 0.15) is 34.5 Å². The van der Waals surface area contributed by atoms with Crippen LogP contribution in [0, 0.1) is 5.82 Å². The van der Waals surface area contributed by atoms with Gasteiger partial charge in [0.2, 0.25) is 0 Å². The van der Waals surface area contributed by atoms with Crippen LogP contribution in [0.15, 0.2) is 53.5 Å². The van der Waals surface area contributed by atoms with Gasteiger partial charge >= 0.3 is 0 Å². The molecule has 1 atom stereocenters. The van der Waals surface area contributed by atoms with E-state index in [0.29, 0.717) is 24.6 Å². The summed E-state index contributed by atoms with van der Waals surface area (Å²) in [6, 6.07) is 14.3. The van der Waals surface area contributed by atoms with Gasteiger partial charge in [0, 0.05) is 32.7 Å². The molecule has 0 heterocycles. The number of carbonyl (C=O) groups is 1. The lowest BCUT2D eigenvalue weighted by molar-refractivity contribution is 0.0827. The summed E-state index contributed by atoms with van der Waals surface area (Å²) in [5.74, 6) is 0.469. The molecule has 0 aliphatic carbocycles. The highest BCUT2D eigenvalue weighted by Gasteiger charge is 2.15. The molecule has 0 saturated heterocycles. The van der Waals surface area contributed by atoms with E-state index in [1.807, 2.05) is 56.3 Å². The number of benzene rings is 2. The molecule has 32 heavy (non-hydrogen) atoms. The zero-order valence-electron chi connectivity index (χ0n) is 19.6. The van der Waals surface area contributed by atoms with Crippen molar-refractivity contribution in [1.29, 1.82) is 0 Å². The second-order valence-corrected chi connectivity index (χ2v) is 7.83. The number of rotatable bonds is 9. The minimum atomic E-state index is -0.242. The lowest BCUT2D eigenvalue weighted by atomic mass is 10.1. The first-order chi connectivity index (χ1) is 14.8. The first-order valence-corrected chi connectivity index (χ1v) is 10.6. The second kappa shape index (κ2) is 14.1. The molecule has 0 bridgehead atoms. The van der Waals surface area contributed by atoms with E-state index < -0.39 is 0 Å². The molecule has 2 rings (SSSR count). The van der Waals surface area contributed by atoms with Crippen molar-refractivity contribution in [1.82, 2.24) is 20.4 Å². The Morgan fingerprint density at radius 2 is 1.78 bits per heavy atom. The van der Waals surface area contributed by atoms with Crippen molar-refractivity contribution in [2.24, 2.45) is 4.99 Å². The maximum absolute atomic E-state index is 13.7. The molecule has 2 N–H and O–H groups in total. The molecule has 0 aliphatic rings. The van der Waals surface area contributed by atoms with Gasteiger partial charge in [-0.25, -0.2) is 4.39 Å². The quantitative estimate of drug-likeness (QED) is 0.283. The molecular weight excluding hydrogens is 520 g/mol. The summed E-state index contributed by atoms with van der Waals surface area (Å²) >= 11 is 0. The van der Waals surface area contributed by atoms with Gasteiger partial charge in [0.05, 0.1) is 12.6 Å². The number of guanidine groups is 1. The molecule has 176 valence electrons. The third kappa shape index (κ3) is 8.74. The highest BCUT2D eigenvalue weighted by atomic mass is 127. The third-order valence-electron chi connectivity index (χ3n) is 4.91. The predicted molar refractivity (Wildman–Crippen MR) is 140 cm³/mol. The molecule has 0 radical (unpaired) electrons. The van der Waals surface area contributed by atoms with Crippen molar-refractivity contribution in [2.75, 3.05) is 47.8 Å². The normalized spacial score (nSPS) is 12.2. The van der Waals surface area contributed by atoms with Gasteiger partial charge in [-0.15, -0.1) is 24.0 Å². The Morgan fingerprint density at radius 1 is 1.06 bits per heavy atom. The van der Waals surface area contributed by atoms with Crippen molar-refractivity contribution in [3.8, 4) is 0 Å². The minimum absolute atomic E-state index is 0. The number of nitrogens with zero attached hydrogens (tertiary/aromatic N) is 3. The summed E-state index contributed by atoms with van der Waals surface area (Å²) in [5.41, 5.74) is 2.67. The predicted octanol–water partition coefficient (Wildman–Crippen LogP) is 3.55. The third-order valence-corrected chi connectivity index (χ3v) is 4.91. The molecule has 0 saturated carbocycles. The Labute approximate surface area is 208 Å². The van der Waals surface area contributed by atoms with Crippen molar-refractivity contribution >= 4 is 35.8 Å². The van der Waals surface area contributed by atoms with Crippen molar-refractivity contribution in [3.63, 3.8) is 0 Å². The van der Waals surface area contributed by atoms with E-state index >= 15 is 0 Å². The highest BCUT2D eigenvalue weighted by molar-refractivity contribution is 14.0. The molecule has 2 aromatic carbocycles. The van der Waals surface area contributed by atoms with E-state index in [1.54, 1.807) is 31.1 Å². The molecule has 8 heteroatoms. The Morgan fingerprint density at radius 3 is 2.41 bits per heavy atom. The summed E-state index contributed by atoms with van der Waals surface area (Å²) in [6.45, 7) is 3.94. The van der Waals surface area contributed by atoms with E-state index in [2.05, 4.69) is 10.6 Å². The van der Waals surface area contributed by atoms with Crippen LogP contribution >= 0.6 is 24.0 Å². The van der Waals surface area contributed by atoms with Gasteiger partial charge in [-0.1, -0.05) is 24.3 Å². The number of hydrogen-bond acceptors (Lipinski definition) is 3. The number of hydrogen-bond donors (Lipinski definition) is 2. The van der Waals surface area contributed by atoms with Crippen LogP contribution in [0.4, 0.5) is 4.39 Å². The van der Waals surface area contributed by atoms with E-state index in [1.165, 1.54) is 6.07 Å². The first kappa shape index (κ1) is 27.8. The second-order valence-electron chi connectivity index (χ2n) is 7.83. The van der Waals surface area contributed by atoms with E-state index in [9.17, 15) is 9.18 Å². The first-order valence-electron chi connectivity index (χ1n) is 10.6. The van der Waals surface area contributed by atoms with Gasteiger partial charge in [-0.3, -0.25) is 9.79 Å². The van der Waals surface area contributed by atoms with Crippen molar-refractivity contribution in [3.05, 3.63) is 71.0 Å². The SMILES string of the molecule is CCNC(=NCC(c1cccc(F)c1)N(C)C)NCCc1cccc(C(=O)N(C)C)c1.I. The van der Waals surface area contributed by atoms with Crippen LogP contribution in [0.2, 0.25) is 0 Å². The number of aliphatic imine (C=N–C) groups is 1. The lowest BCUT2D eigenvalue weighted by Gasteiger charge is -2.23. The van der Waals surface area contributed by atoms with Gasteiger partial charge in [0.25, 0.3) is 5.91 Å². The molecule has 0 spiro atoms. The standard InChI is InChI=1S/C24H34FN5O.HI/c1-6-26-24(28-17-22(29(2)3)19-10-8-12-21(25)16-19)27-14-13-18-9-7-11-20(15-18)23(31)30(4)5;/h7-12,15-16,22H,6,13-14,17H2,1-5H3,(H2,26,27,28);1H. The van der Waals surface area contributed by atoms with Gasteiger partial charge in [0.15, 0.2) is 5.96 Å². The van der Waals surface area contributed by atoms with Gasteiger partial charge in [0.1, 0.15) is 5.82 Å². The Balaban J connectivity index is 0.00000512. The Bertz CT molecular complexity index is 888. The molecule has 1 unspecified atom stereocenters. The molecular formula is C24H35FIN5O. The summed E-state index contributed by atoms with van der Waals surface area (Å²) in [6.07, 6.45) is 0.764. The van der Waals surface area contributed by atoms with Crippen molar-refractivity contribution in [2.45, 2.75) is 19.4 Å². The Kier molecular flexibility index (Phi) is 12.2. The van der Waals surface area contributed by atoms with Crippen LogP contribution in [0.3, 0.4) is 0 Å². The van der Waals surface area contributed by atoms with Gasteiger partial charge in [-0.2, -0.15) is 0 Å². The Hall–Kier alpha value is -2.20. The summed E-state index contributed by atoms with van der Waals surface area (Å²) < 4.78 is 13.7. The molecule has 6 nitrogen and oxygen atoms in total. The lowest BCUT2D eigenvalue weighted by Crippen LogP contribution is -2.39. The van der Waals surface area contributed by atoms with Crippen LogP contribution in [-0.4, -0.2) is 69.5 Å². The number of amides is 1. The molecule has 0 aliphatic heterocycles. The maximum Gasteiger partial charge on any atom is 0.253 e. The minimum Gasteiger partial charge on any atom is -0.357 e. The zero-order chi connectivity index (χ0) is 22.8. The van der Waals surface area contributed by atoms with Crippen LogP contribution in [0.5, 0.6) is 0 Å². The monoisotopic (exact) mass is 555 g/mol. The largest absolute Gasteiger partial charge is 0.357 e. The number of nitrogens with one attached hydrogen (secondary N) is 2. The fourth-order valence-electron chi connectivity index (χ4n) is 3.24. The average molecular weight is 555 g/mol. The van der Waals surface area contributed by atoms with Crippen LogP contribution in [-0.2, 0) is 6.42 Å². The van der Waals surface area contributed by atoms with E-state index in [4.69, 9.17) is 4.99 Å². The number of likely N-dealkylation sites (N-methyl/N-ethyl adjacent to an activating group) is 1. The average Bonchev–Trinajstić information content (AvgIpc) is 2.73. The molecule has 1 amide bonds. The number of halogens is 2. The summed E-state index contributed by atoms with van der Waals surface area (Å²) in [4.78, 5) is 20.5. The number of carbonyl (C=O) groups excluding carboxylic acids is 1. The highest BCUT2D eigenvalue weighted by Crippen LogP contribution is 2.19. The summed E-state index contributed by atoms with van der Waals surface area (Å²) in [5, 5.41) is 6.60. The van der Waals surface area contributed by atoms with Crippen molar-refractivity contribution < 1.29 is 9.18 Å². The maximum atomic E-state index is 13.7. The van der Waals surface area contributed by atoms with Gasteiger partial charge in [-0.05, 0) is 62.8 Å². The van der Waals surface area contributed by atoms with E-state index in [-0.39, 0.29) is 41.7 Å². The fraction of sp³-hybridized carbons (Fsp3) is 0.417. The zero-order valence-corrected chi connectivity index (χ0v) is 21.9. The van der Waals surface area contributed by atoms with Crippen LogP contribution < -0.4 is 10.6 Å². The van der Waals surface area contributed by atoms with Crippen LogP contribution in [0.25, 0.3) is 0 Å². The molecule has 0 aromatic heterocycles. The molecule has 0 fully saturated rings.